The van der Waals surface area contributed by atoms with Crippen molar-refractivity contribution in [1.82, 2.24) is 0 Å². The molecule has 0 radical (unpaired) electrons. The van der Waals surface area contributed by atoms with Gasteiger partial charge in [-0.15, -0.1) is 0 Å². The van der Waals surface area contributed by atoms with E-state index in [9.17, 15) is 4.79 Å². The highest BCUT2D eigenvalue weighted by atomic mass is 79.9. The summed E-state index contributed by atoms with van der Waals surface area (Å²) in [6, 6.07) is 5.59. The van der Waals surface area contributed by atoms with Crippen LogP contribution in [0.15, 0.2) is 28.7 Å². The van der Waals surface area contributed by atoms with E-state index in [1.165, 1.54) is 6.08 Å². The maximum absolute atomic E-state index is 10.6. The predicted molar refractivity (Wildman–Crippen MR) is 63.5 cm³/mol. The van der Waals surface area contributed by atoms with Crippen LogP contribution in [0.1, 0.15) is 12.5 Å². The van der Waals surface area contributed by atoms with Crippen LogP contribution in [0.4, 0.5) is 0 Å². The minimum atomic E-state index is -0.475. The maximum atomic E-state index is 10.6. The fourth-order valence-electron chi connectivity index (χ4n) is 1.11. The topological polar surface area (TPSA) is 52.3 Å². The van der Waals surface area contributed by atoms with Crippen LogP contribution >= 0.6 is 15.9 Å². The summed E-state index contributed by atoms with van der Waals surface area (Å²) in [5.41, 5.74) is 5.85. The molecule has 0 spiro atoms. The minimum Gasteiger partial charge on any atom is -0.493 e. The van der Waals surface area contributed by atoms with Gasteiger partial charge in [0, 0.05) is 16.1 Å². The number of primary amides is 1. The summed E-state index contributed by atoms with van der Waals surface area (Å²) in [6.07, 6.45) is 2.95. The van der Waals surface area contributed by atoms with Gasteiger partial charge in [-0.05, 0) is 31.2 Å². The standard InChI is InChI=1S/C11H12BrNO2/c1-2-15-10-5-4-9(12)7-8(10)3-6-11(13)14/h3-7H,2H2,1H3,(H2,13,14). The summed E-state index contributed by atoms with van der Waals surface area (Å²) < 4.78 is 6.33. The summed E-state index contributed by atoms with van der Waals surface area (Å²) in [7, 11) is 0. The van der Waals surface area contributed by atoms with Gasteiger partial charge in [-0.2, -0.15) is 0 Å². The molecule has 1 aromatic carbocycles. The Labute approximate surface area is 97.0 Å². The molecule has 3 nitrogen and oxygen atoms in total. The van der Waals surface area contributed by atoms with Gasteiger partial charge < -0.3 is 10.5 Å². The summed E-state index contributed by atoms with van der Waals surface area (Å²) in [6.45, 7) is 2.49. The summed E-state index contributed by atoms with van der Waals surface area (Å²) in [4.78, 5) is 10.6. The third kappa shape index (κ3) is 3.75. The first kappa shape index (κ1) is 11.8. The lowest BCUT2D eigenvalue weighted by molar-refractivity contribution is -0.113. The molecule has 4 heteroatoms. The number of carbonyl (C=O) groups is 1. The lowest BCUT2D eigenvalue weighted by Crippen LogP contribution is -2.05. The molecule has 0 heterocycles. The van der Waals surface area contributed by atoms with Crippen LogP contribution in [0.2, 0.25) is 0 Å². The van der Waals surface area contributed by atoms with Crippen molar-refractivity contribution >= 4 is 27.9 Å². The Hall–Kier alpha value is -1.29. The number of rotatable bonds is 4. The van der Waals surface area contributed by atoms with Gasteiger partial charge in [0.05, 0.1) is 6.61 Å². The molecule has 0 saturated carbocycles. The Bertz CT molecular complexity index is 388. The van der Waals surface area contributed by atoms with Crippen molar-refractivity contribution in [3.8, 4) is 5.75 Å². The number of hydrogen-bond acceptors (Lipinski definition) is 2. The first-order chi connectivity index (χ1) is 7.13. The van der Waals surface area contributed by atoms with E-state index in [4.69, 9.17) is 10.5 Å². The molecule has 1 amide bonds. The van der Waals surface area contributed by atoms with E-state index < -0.39 is 5.91 Å². The molecule has 0 aliphatic heterocycles. The van der Waals surface area contributed by atoms with Crippen molar-refractivity contribution in [2.24, 2.45) is 5.73 Å². The Morgan fingerprint density at radius 1 is 1.60 bits per heavy atom. The van der Waals surface area contributed by atoms with E-state index in [0.717, 1.165) is 15.8 Å². The Kier molecular flexibility index (Phi) is 4.37. The number of nitrogens with two attached hydrogens (primary N) is 1. The van der Waals surface area contributed by atoms with Gasteiger partial charge >= 0.3 is 0 Å². The van der Waals surface area contributed by atoms with Crippen LogP contribution < -0.4 is 10.5 Å². The zero-order chi connectivity index (χ0) is 11.3. The largest absolute Gasteiger partial charge is 0.493 e. The van der Waals surface area contributed by atoms with E-state index in [1.807, 2.05) is 25.1 Å². The van der Waals surface area contributed by atoms with Crippen LogP contribution in [0.3, 0.4) is 0 Å². The van der Waals surface area contributed by atoms with E-state index in [0.29, 0.717) is 6.61 Å². The molecule has 0 saturated heterocycles. The van der Waals surface area contributed by atoms with Gasteiger partial charge in [0.25, 0.3) is 0 Å². The SMILES string of the molecule is CCOc1ccc(Br)cc1C=CC(N)=O. The van der Waals surface area contributed by atoms with Gasteiger partial charge in [-0.25, -0.2) is 0 Å². The third-order valence-corrected chi connectivity index (χ3v) is 2.19. The molecule has 80 valence electrons. The first-order valence-corrected chi connectivity index (χ1v) is 5.32. The molecule has 0 atom stereocenters. The monoisotopic (exact) mass is 269 g/mol. The second-order valence-corrected chi connectivity index (χ2v) is 3.77. The van der Waals surface area contributed by atoms with Crippen molar-refractivity contribution in [2.75, 3.05) is 6.61 Å². The van der Waals surface area contributed by atoms with E-state index in [2.05, 4.69) is 15.9 Å². The molecule has 1 rings (SSSR count). The summed E-state index contributed by atoms with van der Waals surface area (Å²) in [5, 5.41) is 0. The van der Waals surface area contributed by atoms with Crippen molar-refractivity contribution in [2.45, 2.75) is 6.92 Å². The van der Waals surface area contributed by atoms with Crippen molar-refractivity contribution < 1.29 is 9.53 Å². The molecule has 15 heavy (non-hydrogen) atoms. The van der Waals surface area contributed by atoms with Crippen molar-refractivity contribution in [1.29, 1.82) is 0 Å². The second-order valence-electron chi connectivity index (χ2n) is 2.85. The highest BCUT2D eigenvalue weighted by Crippen LogP contribution is 2.24. The van der Waals surface area contributed by atoms with Gasteiger partial charge in [0.1, 0.15) is 5.75 Å². The molecule has 0 bridgehead atoms. The zero-order valence-electron chi connectivity index (χ0n) is 8.37. The van der Waals surface area contributed by atoms with Crippen molar-refractivity contribution in [3.05, 3.63) is 34.3 Å². The number of carbonyl (C=O) groups excluding carboxylic acids is 1. The molecule has 0 fully saturated rings. The molecule has 2 N–H and O–H groups in total. The number of amides is 1. The van der Waals surface area contributed by atoms with Crippen LogP contribution in [-0.2, 0) is 4.79 Å². The summed E-state index contributed by atoms with van der Waals surface area (Å²) in [5.74, 6) is 0.260. The zero-order valence-corrected chi connectivity index (χ0v) is 9.95. The average Bonchev–Trinajstić information content (AvgIpc) is 2.18. The molecule has 0 aliphatic rings. The number of hydrogen-bond donors (Lipinski definition) is 1. The third-order valence-electron chi connectivity index (χ3n) is 1.70. The quantitative estimate of drug-likeness (QED) is 0.854. The van der Waals surface area contributed by atoms with E-state index >= 15 is 0 Å². The molecule has 0 aliphatic carbocycles. The number of halogens is 1. The molecular weight excluding hydrogens is 258 g/mol. The Morgan fingerprint density at radius 3 is 2.93 bits per heavy atom. The van der Waals surface area contributed by atoms with Crippen LogP contribution in [0.5, 0.6) is 5.75 Å². The van der Waals surface area contributed by atoms with Gasteiger partial charge in [-0.3, -0.25) is 4.79 Å². The fourth-order valence-corrected chi connectivity index (χ4v) is 1.49. The van der Waals surface area contributed by atoms with Crippen LogP contribution in [-0.4, -0.2) is 12.5 Å². The Balaban J connectivity index is 3.01. The summed E-state index contributed by atoms with van der Waals surface area (Å²) >= 11 is 3.35. The van der Waals surface area contributed by atoms with E-state index in [1.54, 1.807) is 6.08 Å². The van der Waals surface area contributed by atoms with Crippen LogP contribution in [0, 0.1) is 0 Å². The van der Waals surface area contributed by atoms with Crippen molar-refractivity contribution in [3.63, 3.8) is 0 Å². The molecule has 0 unspecified atom stereocenters. The smallest absolute Gasteiger partial charge is 0.241 e. The molecular formula is C11H12BrNO2. The fraction of sp³-hybridized carbons (Fsp3) is 0.182. The minimum absolute atomic E-state index is 0.475. The van der Waals surface area contributed by atoms with Crippen LogP contribution in [0.25, 0.3) is 6.08 Å². The first-order valence-electron chi connectivity index (χ1n) is 4.53. The van der Waals surface area contributed by atoms with Gasteiger partial charge in [0.2, 0.25) is 5.91 Å². The van der Waals surface area contributed by atoms with Gasteiger partial charge in [-0.1, -0.05) is 15.9 Å². The predicted octanol–water partition coefficient (Wildman–Crippen LogP) is 2.35. The lowest BCUT2D eigenvalue weighted by Gasteiger charge is -2.07. The van der Waals surface area contributed by atoms with E-state index in [-0.39, 0.29) is 0 Å². The maximum Gasteiger partial charge on any atom is 0.241 e. The Morgan fingerprint density at radius 2 is 2.33 bits per heavy atom. The molecule has 1 aromatic rings. The second kappa shape index (κ2) is 5.56. The lowest BCUT2D eigenvalue weighted by atomic mass is 10.2. The highest BCUT2D eigenvalue weighted by molar-refractivity contribution is 9.10. The normalized spacial score (nSPS) is 10.5. The number of benzene rings is 1. The van der Waals surface area contributed by atoms with Gasteiger partial charge in [0.15, 0.2) is 0 Å². The average molecular weight is 270 g/mol. The molecule has 0 aromatic heterocycles. The highest BCUT2D eigenvalue weighted by Gasteiger charge is 2.01. The number of ether oxygens (including phenoxy) is 1.